The van der Waals surface area contributed by atoms with Gasteiger partial charge in [0, 0.05) is 25.0 Å². The van der Waals surface area contributed by atoms with Gasteiger partial charge in [0.2, 0.25) is 0 Å². The molecule has 1 amide bonds. The van der Waals surface area contributed by atoms with Crippen LogP contribution >= 0.6 is 0 Å². The number of amides is 1. The number of rotatable bonds is 6. The maximum atomic E-state index is 12.8. The van der Waals surface area contributed by atoms with Crippen LogP contribution in [0.25, 0.3) is 0 Å². The lowest BCUT2D eigenvalue weighted by atomic mass is 10.2. The van der Waals surface area contributed by atoms with E-state index in [0.717, 1.165) is 18.5 Å². The van der Waals surface area contributed by atoms with Gasteiger partial charge in [0.05, 0.1) is 5.56 Å². The lowest BCUT2D eigenvalue weighted by Gasteiger charge is -2.23. The molecule has 0 atom stereocenters. The Kier molecular flexibility index (Phi) is 5.74. The second kappa shape index (κ2) is 7.78. The van der Waals surface area contributed by atoms with Crippen molar-refractivity contribution >= 4 is 17.4 Å². The Balaban J connectivity index is 2.53. The highest BCUT2D eigenvalue weighted by molar-refractivity contribution is 6.07. The van der Waals surface area contributed by atoms with E-state index in [9.17, 15) is 14.4 Å². The van der Waals surface area contributed by atoms with Crippen molar-refractivity contribution in [3.8, 4) is 0 Å². The summed E-state index contributed by atoms with van der Waals surface area (Å²) in [6.07, 6.45) is 3.06. The highest BCUT2D eigenvalue weighted by Gasteiger charge is 2.24. The second-order valence-corrected chi connectivity index (χ2v) is 5.74. The molecule has 0 unspecified atom stereocenters. The van der Waals surface area contributed by atoms with Crippen LogP contribution in [0, 0.1) is 6.92 Å². The highest BCUT2D eigenvalue weighted by atomic mass is 16.2. The van der Waals surface area contributed by atoms with Gasteiger partial charge in [0.1, 0.15) is 5.82 Å². The third kappa shape index (κ3) is 3.78. The zero-order valence-corrected chi connectivity index (χ0v) is 14.7. The molecule has 2 aromatic heterocycles. The van der Waals surface area contributed by atoms with Crippen molar-refractivity contribution in [2.45, 2.75) is 40.2 Å². The largest absolute Gasteiger partial charge is 0.383 e. The van der Waals surface area contributed by atoms with Gasteiger partial charge in [-0.2, -0.15) is 0 Å². The van der Waals surface area contributed by atoms with E-state index in [1.54, 1.807) is 19.1 Å². The standard InChI is InChI=1S/C17H23N5O3/c1-4-6-9-22-14(18)13(15(23)20-17(22)25)21(5-2)16(24)12-8-7-11(3)19-10-12/h7-8,10H,4-6,9,18H2,1-3H3,(H,20,23,25). The minimum Gasteiger partial charge on any atom is -0.383 e. The molecule has 0 aromatic carbocycles. The Morgan fingerprint density at radius 2 is 2.04 bits per heavy atom. The molecule has 8 nitrogen and oxygen atoms in total. The van der Waals surface area contributed by atoms with Crippen molar-refractivity contribution < 1.29 is 4.79 Å². The molecule has 0 radical (unpaired) electrons. The van der Waals surface area contributed by atoms with Gasteiger partial charge in [0.15, 0.2) is 5.69 Å². The van der Waals surface area contributed by atoms with E-state index >= 15 is 0 Å². The van der Waals surface area contributed by atoms with Crippen LogP contribution in [0.3, 0.4) is 0 Å². The van der Waals surface area contributed by atoms with Crippen molar-refractivity contribution in [2.75, 3.05) is 17.2 Å². The van der Waals surface area contributed by atoms with Crippen LogP contribution in [0.4, 0.5) is 11.5 Å². The van der Waals surface area contributed by atoms with Crippen LogP contribution in [-0.2, 0) is 6.54 Å². The van der Waals surface area contributed by atoms with E-state index in [-0.39, 0.29) is 18.1 Å². The van der Waals surface area contributed by atoms with E-state index in [4.69, 9.17) is 5.73 Å². The number of unbranched alkanes of at least 4 members (excludes halogenated alkanes) is 1. The summed E-state index contributed by atoms with van der Waals surface area (Å²) >= 11 is 0. The van der Waals surface area contributed by atoms with Crippen LogP contribution in [0.15, 0.2) is 27.9 Å². The molecule has 8 heteroatoms. The average Bonchev–Trinajstić information content (AvgIpc) is 2.58. The number of hydrogen-bond donors (Lipinski definition) is 2. The first-order valence-electron chi connectivity index (χ1n) is 8.27. The normalized spacial score (nSPS) is 10.7. The Bertz CT molecular complexity index is 867. The monoisotopic (exact) mass is 345 g/mol. The summed E-state index contributed by atoms with van der Waals surface area (Å²) in [5.74, 6) is -0.398. The fourth-order valence-electron chi connectivity index (χ4n) is 2.53. The third-order valence-corrected chi connectivity index (χ3v) is 3.94. The Hall–Kier alpha value is -2.90. The maximum absolute atomic E-state index is 12.8. The number of hydrogen-bond acceptors (Lipinski definition) is 5. The quantitative estimate of drug-likeness (QED) is 0.819. The minimum absolute atomic E-state index is 0.00234. The van der Waals surface area contributed by atoms with Crippen LogP contribution in [-0.4, -0.2) is 27.0 Å². The Morgan fingerprint density at radius 1 is 1.32 bits per heavy atom. The molecule has 0 aliphatic heterocycles. The van der Waals surface area contributed by atoms with Crippen LogP contribution in [0.5, 0.6) is 0 Å². The van der Waals surface area contributed by atoms with Crippen molar-refractivity contribution in [1.82, 2.24) is 14.5 Å². The number of nitrogens with two attached hydrogens (primary N) is 1. The smallest absolute Gasteiger partial charge is 0.330 e. The molecule has 2 aromatic rings. The molecule has 0 aliphatic rings. The molecule has 0 aliphatic carbocycles. The zero-order valence-electron chi connectivity index (χ0n) is 14.7. The van der Waals surface area contributed by atoms with Gasteiger partial charge in [-0.3, -0.25) is 24.1 Å². The van der Waals surface area contributed by atoms with E-state index in [1.165, 1.54) is 15.7 Å². The van der Waals surface area contributed by atoms with E-state index in [1.807, 2.05) is 13.8 Å². The van der Waals surface area contributed by atoms with Gasteiger partial charge in [-0.1, -0.05) is 13.3 Å². The summed E-state index contributed by atoms with van der Waals surface area (Å²) in [4.78, 5) is 44.8. The molecular formula is C17H23N5O3. The predicted molar refractivity (Wildman–Crippen MR) is 97.0 cm³/mol. The molecule has 3 N–H and O–H groups in total. The summed E-state index contributed by atoms with van der Waals surface area (Å²) in [6, 6.07) is 3.36. The molecule has 2 rings (SSSR count). The van der Waals surface area contributed by atoms with Crippen molar-refractivity contribution in [3.05, 3.63) is 50.4 Å². The number of aromatic nitrogens is 3. The van der Waals surface area contributed by atoms with Crippen LogP contribution < -0.4 is 21.9 Å². The van der Waals surface area contributed by atoms with Crippen molar-refractivity contribution in [2.24, 2.45) is 0 Å². The molecule has 0 saturated heterocycles. The fraction of sp³-hybridized carbons (Fsp3) is 0.412. The number of nitrogens with one attached hydrogen (secondary N) is 1. The van der Waals surface area contributed by atoms with Gasteiger partial charge >= 0.3 is 5.69 Å². The van der Waals surface area contributed by atoms with E-state index in [2.05, 4.69) is 9.97 Å². The van der Waals surface area contributed by atoms with E-state index < -0.39 is 17.2 Å². The van der Waals surface area contributed by atoms with Crippen molar-refractivity contribution in [3.63, 3.8) is 0 Å². The number of aromatic amines is 1. The number of aryl methyl sites for hydroxylation is 1. The maximum Gasteiger partial charge on any atom is 0.330 e. The van der Waals surface area contributed by atoms with E-state index in [0.29, 0.717) is 12.1 Å². The fourth-order valence-corrected chi connectivity index (χ4v) is 2.53. The minimum atomic E-state index is -0.675. The lowest BCUT2D eigenvalue weighted by molar-refractivity contribution is 0.0987. The number of carbonyl (C=O) groups is 1. The SMILES string of the molecule is CCCCn1c(N)c(N(CC)C(=O)c2ccc(C)nc2)c(=O)[nH]c1=O. The highest BCUT2D eigenvalue weighted by Crippen LogP contribution is 2.19. The number of nitrogens with zero attached hydrogens (tertiary/aromatic N) is 3. The molecule has 25 heavy (non-hydrogen) atoms. The Morgan fingerprint density at radius 3 is 2.60 bits per heavy atom. The summed E-state index contributed by atoms with van der Waals surface area (Å²) in [5.41, 5.74) is 5.95. The number of carbonyl (C=O) groups excluding carboxylic acids is 1. The summed E-state index contributed by atoms with van der Waals surface area (Å²) in [6.45, 7) is 6.15. The molecule has 2 heterocycles. The van der Waals surface area contributed by atoms with Gasteiger partial charge in [0.25, 0.3) is 11.5 Å². The first-order chi connectivity index (χ1) is 11.9. The first kappa shape index (κ1) is 18.4. The van der Waals surface area contributed by atoms with Crippen LogP contribution in [0.1, 0.15) is 42.7 Å². The first-order valence-corrected chi connectivity index (χ1v) is 8.27. The molecular weight excluding hydrogens is 322 g/mol. The third-order valence-electron chi connectivity index (χ3n) is 3.94. The summed E-state index contributed by atoms with van der Waals surface area (Å²) in [5, 5.41) is 0. The molecule has 134 valence electrons. The van der Waals surface area contributed by atoms with Gasteiger partial charge < -0.3 is 10.6 Å². The number of H-pyrrole nitrogens is 1. The van der Waals surface area contributed by atoms with Crippen molar-refractivity contribution in [1.29, 1.82) is 0 Å². The summed E-state index contributed by atoms with van der Waals surface area (Å²) < 4.78 is 1.30. The predicted octanol–water partition coefficient (Wildman–Crippen LogP) is 1.29. The average molecular weight is 345 g/mol. The van der Waals surface area contributed by atoms with Gasteiger partial charge in [-0.05, 0) is 32.4 Å². The topological polar surface area (TPSA) is 114 Å². The van der Waals surface area contributed by atoms with Gasteiger partial charge in [-0.25, -0.2) is 4.79 Å². The zero-order chi connectivity index (χ0) is 18.6. The second-order valence-electron chi connectivity index (χ2n) is 5.74. The number of anilines is 2. The van der Waals surface area contributed by atoms with Crippen LogP contribution in [0.2, 0.25) is 0 Å². The molecule has 0 fully saturated rings. The van der Waals surface area contributed by atoms with Gasteiger partial charge in [-0.15, -0.1) is 0 Å². The Labute approximate surface area is 145 Å². The lowest BCUT2D eigenvalue weighted by Crippen LogP contribution is -2.41. The molecule has 0 bridgehead atoms. The number of nitrogen functional groups attached to an aromatic ring is 1. The molecule has 0 spiro atoms. The number of pyridine rings is 1. The summed E-state index contributed by atoms with van der Waals surface area (Å²) in [7, 11) is 0. The molecule has 0 saturated carbocycles.